The summed E-state index contributed by atoms with van der Waals surface area (Å²) in [7, 11) is 3.13. The minimum absolute atomic E-state index is 0.104. The molecule has 11 heteroatoms. The predicted octanol–water partition coefficient (Wildman–Crippen LogP) is 6.82. The molecule has 0 saturated heterocycles. The number of alkyl halides is 4. The number of halogens is 5. The first-order chi connectivity index (χ1) is 17.2. The van der Waals surface area contributed by atoms with Gasteiger partial charge in [0.05, 0.1) is 31.6 Å². The topological polar surface area (TPSA) is 65.5 Å². The lowest BCUT2D eigenvalue weighted by Gasteiger charge is -2.19. The minimum atomic E-state index is -4.67. The Labute approximate surface area is 208 Å². The van der Waals surface area contributed by atoms with Gasteiger partial charge in [0, 0.05) is 34.1 Å². The van der Waals surface area contributed by atoms with Gasteiger partial charge in [-0.1, -0.05) is 17.7 Å². The number of nitrogens with zero attached hydrogens (tertiary/aromatic N) is 2. The second-order valence-corrected chi connectivity index (χ2v) is 8.06. The van der Waals surface area contributed by atoms with Crippen LogP contribution in [-0.4, -0.2) is 37.0 Å². The highest BCUT2D eigenvalue weighted by atomic mass is 35.5. The van der Waals surface area contributed by atoms with E-state index in [4.69, 9.17) is 21.1 Å². The van der Waals surface area contributed by atoms with E-state index in [0.29, 0.717) is 40.2 Å². The van der Waals surface area contributed by atoms with Crippen molar-refractivity contribution in [3.63, 3.8) is 0 Å². The van der Waals surface area contributed by atoms with E-state index >= 15 is 0 Å². The van der Waals surface area contributed by atoms with Crippen LogP contribution in [0.5, 0.6) is 17.2 Å². The third-order valence-electron chi connectivity index (χ3n) is 5.36. The highest BCUT2D eigenvalue weighted by Crippen LogP contribution is 2.38. The lowest BCUT2D eigenvalue weighted by Crippen LogP contribution is -2.33. The van der Waals surface area contributed by atoms with Crippen LogP contribution in [0.1, 0.15) is 5.56 Å². The summed E-state index contributed by atoms with van der Waals surface area (Å²) in [6.07, 6.45) is -7.12. The van der Waals surface area contributed by atoms with Crippen LogP contribution < -0.4 is 19.5 Å². The summed E-state index contributed by atoms with van der Waals surface area (Å²) < 4.78 is 67.6. The molecule has 6 nitrogen and oxygen atoms in total. The van der Waals surface area contributed by atoms with Gasteiger partial charge in [0.2, 0.25) is 0 Å². The van der Waals surface area contributed by atoms with Crippen LogP contribution in [0, 0.1) is 0 Å². The summed E-state index contributed by atoms with van der Waals surface area (Å²) in [5.74, 6) is 0.859. The zero-order valence-corrected chi connectivity index (χ0v) is 19.8. The Morgan fingerprint density at radius 3 is 2.50 bits per heavy atom. The van der Waals surface area contributed by atoms with Crippen molar-refractivity contribution in [3.05, 3.63) is 71.4 Å². The number of hydrogen-bond acceptors (Lipinski definition) is 6. The van der Waals surface area contributed by atoms with Gasteiger partial charge < -0.3 is 19.5 Å². The SMILES string of the molecule is COc1ccc(CNc2cnnc3cc(-c4cc(Cl)ccc4OC(F)(F)C(F)F)ccc23)c(OC)c1. The van der Waals surface area contributed by atoms with Crippen molar-refractivity contribution in [1.82, 2.24) is 10.2 Å². The van der Waals surface area contributed by atoms with E-state index in [-0.39, 0.29) is 10.6 Å². The van der Waals surface area contributed by atoms with E-state index in [2.05, 4.69) is 20.3 Å². The van der Waals surface area contributed by atoms with E-state index in [0.717, 1.165) is 11.6 Å². The third-order valence-corrected chi connectivity index (χ3v) is 5.59. The van der Waals surface area contributed by atoms with Gasteiger partial charge in [-0.15, -0.1) is 0 Å². The number of methoxy groups -OCH3 is 2. The van der Waals surface area contributed by atoms with E-state index in [1.54, 1.807) is 44.7 Å². The van der Waals surface area contributed by atoms with Crippen LogP contribution in [0.25, 0.3) is 22.0 Å². The van der Waals surface area contributed by atoms with E-state index in [1.807, 2.05) is 12.1 Å². The molecule has 0 amide bonds. The fourth-order valence-electron chi connectivity index (χ4n) is 3.57. The van der Waals surface area contributed by atoms with Crippen molar-refractivity contribution < 1.29 is 31.8 Å². The Bertz CT molecular complexity index is 1390. The number of fused-ring (bicyclic) bond motifs is 1. The molecule has 0 aliphatic heterocycles. The van der Waals surface area contributed by atoms with E-state index < -0.39 is 18.3 Å². The van der Waals surface area contributed by atoms with E-state index in [1.165, 1.54) is 12.1 Å². The summed E-state index contributed by atoms with van der Waals surface area (Å²) in [5.41, 5.74) is 2.46. The first-order valence-corrected chi connectivity index (χ1v) is 10.9. The van der Waals surface area contributed by atoms with Crippen LogP contribution in [0.3, 0.4) is 0 Å². The molecule has 36 heavy (non-hydrogen) atoms. The van der Waals surface area contributed by atoms with Crippen LogP contribution in [0.15, 0.2) is 60.8 Å². The Balaban J connectivity index is 1.65. The summed E-state index contributed by atoms with van der Waals surface area (Å²) in [5, 5.41) is 12.3. The highest BCUT2D eigenvalue weighted by Gasteiger charge is 2.44. The lowest BCUT2D eigenvalue weighted by molar-refractivity contribution is -0.253. The Morgan fingerprint density at radius 2 is 1.78 bits per heavy atom. The molecule has 3 aromatic carbocycles. The van der Waals surface area contributed by atoms with Crippen LogP contribution >= 0.6 is 11.6 Å². The van der Waals surface area contributed by atoms with Crippen molar-refractivity contribution in [2.75, 3.05) is 19.5 Å². The number of nitrogens with one attached hydrogen (secondary N) is 1. The van der Waals surface area contributed by atoms with Gasteiger partial charge >= 0.3 is 12.5 Å². The average molecular weight is 522 g/mol. The normalized spacial score (nSPS) is 11.6. The smallest absolute Gasteiger partial charge is 0.461 e. The molecule has 1 aromatic heterocycles. The molecule has 0 aliphatic rings. The summed E-state index contributed by atoms with van der Waals surface area (Å²) >= 11 is 6.04. The Kier molecular flexibility index (Phi) is 7.35. The fourth-order valence-corrected chi connectivity index (χ4v) is 3.74. The maximum Gasteiger partial charge on any atom is 0.461 e. The first kappa shape index (κ1) is 25.3. The van der Waals surface area contributed by atoms with Crippen molar-refractivity contribution in [3.8, 4) is 28.4 Å². The molecular weight excluding hydrogens is 502 g/mol. The number of benzene rings is 3. The van der Waals surface area contributed by atoms with Gasteiger partial charge in [-0.05, 0) is 48.0 Å². The summed E-state index contributed by atoms with van der Waals surface area (Å²) in [4.78, 5) is 0. The van der Waals surface area contributed by atoms with Gasteiger partial charge in [0.25, 0.3) is 0 Å². The van der Waals surface area contributed by atoms with Gasteiger partial charge in [-0.25, -0.2) is 0 Å². The van der Waals surface area contributed by atoms with Gasteiger partial charge in [-0.2, -0.15) is 27.8 Å². The van der Waals surface area contributed by atoms with Crippen LogP contribution in [0.4, 0.5) is 23.2 Å². The number of rotatable bonds is 9. The predicted molar refractivity (Wildman–Crippen MR) is 128 cm³/mol. The molecule has 0 spiro atoms. The molecule has 0 aliphatic carbocycles. The number of aromatic nitrogens is 2. The largest absolute Gasteiger partial charge is 0.497 e. The zero-order chi connectivity index (χ0) is 25.9. The first-order valence-electron chi connectivity index (χ1n) is 10.6. The molecule has 0 radical (unpaired) electrons. The number of hydrogen-bond donors (Lipinski definition) is 1. The highest BCUT2D eigenvalue weighted by molar-refractivity contribution is 6.31. The molecule has 1 N–H and O–H groups in total. The average Bonchev–Trinajstić information content (AvgIpc) is 2.87. The zero-order valence-electron chi connectivity index (χ0n) is 19.1. The molecule has 0 saturated carbocycles. The van der Waals surface area contributed by atoms with Crippen molar-refractivity contribution >= 4 is 28.2 Å². The fraction of sp³-hybridized carbons (Fsp3) is 0.200. The second kappa shape index (κ2) is 10.4. The standard InChI is InChI=1S/C25H20ClF4N3O3/c1-34-17-6-3-15(23(11-17)35-2)12-31-21-13-32-33-20-9-14(4-7-18(20)21)19-10-16(26)5-8-22(19)36-25(29,30)24(27)28/h3-11,13,24H,12H2,1-2H3,(H,31,33). The van der Waals surface area contributed by atoms with Gasteiger partial charge in [0.1, 0.15) is 17.2 Å². The summed E-state index contributed by atoms with van der Waals surface area (Å²) in [6, 6.07) is 14.1. The maximum absolute atomic E-state index is 13.6. The molecule has 188 valence electrons. The molecule has 0 fully saturated rings. The molecule has 0 unspecified atom stereocenters. The molecular formula is C25H20ClF4N3O3. The second-order valence-electron chi connectivity index (χ2n) is 7.63. The van der Waals surface area contributed by atoms with Crippen LogP contribution in [-0.2, 0) is 6.54 Å². The molecule has 4 rings (SSSR count). The van der Waals surface area contributed by atoms with Gasteiger partial charge in [-0.3, -0.25) is 0 Å². The third kappa shape index (κ3) is 5.38. The quantitative estimate of drug-likeness (QED) is 0.244. The molecule has 0 bridgehead atoms. The Morgan fingerprint density at radius 1 is 0.972 bits per heavy atom. The number of anilines is 1. The van der Waals surface area contributed by atoms with Crippen molar-refractivity contribution in [2.24, 2.45) is 0 Å². The molecule has 4 aromatic rings. The molecule has 1 heterocycles. The minimum Gasteiger partial charge on any atom is -0.497 e. The Hall–Kier alpha value is -3.79. The van der Waals surface area contributed by atoms with Crippen molar-refractivity contribution in [1.29, 1.82) is 0 Å². The van der Waals surface area contributed by atoms with Gasteiger partial charge in [0.15, 0.2) is 0 Å². The van der Waals surface area contributed by atoms with Crippen molar-refractivity contribution in [2.45, 2.75) is 19.1 Å². The maximum atomic E-state index is 13.6. The summed E-state index contributed by atoms with van der Waals surface area (Å²) in [6.45, 7) is 0.407. The monoisotopic (exact) mass is 521 g/mol. The number of ether oxygens (including phenoxy) is 3. The van der Waals surface area contributed by atoms with E-state index in [9.17, 15) is 17.6 Å². The molecule has 0 atom stereocenters. The van der Waals surface area contributed by atoms with Crippen LogP contribution in [0.2, 0.25) is 5.02 Å². The lowest BCUT2D eigenvalue weighted by atomic mass is 10.0.